The molecule has 0 spiro atoms. The van der Waals surface area contributed by atoms with Gasteiger partial charge < -0.3 is 20.1 Å². The number of nitrogens with zero attached hydrogens (tertiary/aromatic N) is 1. The smallest absolute Gasteiger partial charge is 0.407 e. The van der Waals surface area contributed by atoms with Gasteiger partial charge >= 0.3 is 12.1 Å². The topological polar surface area (TPSA) is 95.9 Å². The molecule has 1 fully saturated rings. The molecular weight excluding hydrogens is 444 g/mol. The third kappa shape index (κ3) is 4.90. The lowest BCUT2D eigenvalue weighted by atomic mass is 9.74. The molecule has 35 heavy (non-hydrogen) atoms. The Kier molecular flexibility index (Phi) is 7.15. The van der Waals surface area contributed by atoms with E-state index in [9.17, 15) is 19.5 Å². The van der Waals surface area contributed by atoms with Gasteiger partial charge in [0.05, 0.1) is 5.41 Å². The van der Waals surface area contributed by atoms with E-state index in [-0.39, 0.29) is 24.3 Å². The number of carbonyl (C=O) groups is 3. The first-order chi connectivity index (χ1) is 16.7. The molecule has 186 valence electrons. The van der Waals surface area contributed by atoms with Crippen LogP contribution in [-0.2, 0) is 14.3 Å². The van der Waals surface area contributed by atoms with E-state index in [1.807, 2.05) is 31.2 Å². The van der Waals surface area contributed by atoms with Crippen molar-refractivity contribution in [2.45, 2.75) is 52.0 Å². The Balaban J connectivity index is 1.38. The Morgan fingerprint density at radius 1 is 1.09 bits per heavy atom. The second-order valence-electron chi connectivity index (χ2n) is 10.1. The number of carboxylic acids is 1. The summed E-state index contributed by atoms with van der Waals surface area (Å²) in [7, 11) is 0. The van der Waals surface area contributed by atoms with Crippen LogP contribution in [0.5, 0.6) is 0 Å². The number of rotatable bonds is 7. The van der Waals surface area contributed by atoms with E-state index in [4.69, 9.17) is 4.74 Å². The summed E-state index contributed by atoms with van der Waals surface area (Å²) in [6, 6.07) is 15.6. The second-order valence-corrected chi connectivity index (χ2v) is 10.1. The first kappa shape index (κ1) is 24.8. The maximum Gasteiger partial charge on any atom is 0.407 e. The second kappa shape index (κ2) is 10.1. The molecule has 4 rings (SSSR count). The van der Waals surface area contributed by atoms with Gasteiger partial charge in [-0.05, 0) is 61.3 Å². The number of ether oxygens (including phenoxy) is 1. The van der Waals surface area contributed by atoms with E-state index in [1.54, 1.807) is 18.7 Å². The Hall–Kier alpha value is -3.35. The van der Waals surface area contributed by atoms with Gasteiger partial charge in [-0.1, -0.05) is 55.5 Å². The van der Waals surface area contributed by atoms with Gasteiger partial charge in [0.15, 0.2) is 0 Å². The van der Waals surface area contributed by atoms with Crippen LogP contribution in [0, 0.1) is 11.3 Å². The van der Waals surface area contributed by atoms with E-state index in [0.29, 0.717) is 19.5 Å². The van der Waals surface area contributed by atoms with Crippen molar-refractivity contribution in [1.29, 1.82) is 0 Å². The minimum absolute atomic E-state index is 0.0509. The van der Waals surface area contributed by atoms with Crippen LogP contribution in [0.2, 0.25) is 0 Å². The van der Waals surface area contributed by atoms with Crippen LogP contribution in [-0.4, -0.2) is 53.7 Å². The molecule has 0 bridgehead atoms. The van der Waals surface area contributed by atoms with Gasteiger partial charge in [-0.3, -0.25) is 9.59 Å². The fourth-order valence-corrected chi connectivity index (χ4v) is 5.28. The Bertz CT molecular complexity index is 1070. The molecule has 2 amide bonds. The molecule has 1 aliphatic carbocycles. The van der Waals surface area contributed by atoms with Crippen LogP contribution < -0.4 is 5.32 Å². The van der Waals surface area contributed by atoms with Crippen molar-refractivity contribution in [3.8, 4) is 11.1 Å². The average Bonchev–Trinajstić information content (AvgIpc) is 3.19. The molecule has 2 aromatic carbocycles. The number of fused-ring (bicyclic) bond motifs is 3. The summed E-state index contributed by atoms with van der Waals surface area (Å²) in [5, 5.41) is 12.3. The largest absolute Gasteiger partial charge is 0.481 e. The van der Waals surface area contributed by atoms with E-state index in [1.165, 1.54) is 0 Å². The monoisotopic (exact) mass is 478 g/mol. The Morgan fingerprint density at radius 3 is 2.26 bits per heavy atom. The van der Waals surface area contributed by atoms with Crippen molar-refractivity contribution in [3.05, 3.63) is 59.7 Å². The van der Waals surface area contributed by atoms with Crippen LogP contribution in [0.25, 0.3) is 11.1 Å². The number of hydrogen-bond acceptors (Lipinski definition) is 4. The van der Waals surface area contributed by atoms with Gasteiger partial charge in [-0.25, -0.2) is 4.79 Å². The van der Waals surface area contributed by atoms with Crippen molar-refractivity contribution in [3.63, 3.8) is 0 Å². The first-order valence-electron chi connectivity index (χ1n) is 12.4. The van der Waals surface area contributed by atoms with E-state index >= 15 is 0 Å². The third-order valence-corrected chi connectivity index (χ3v) is 7.65. The zero-order valence-electron chi connectivity index (χ0n) is 20.6. The molecule has 1 heterocycles. The van der Waals surface area contributed by atoms with Crippen LogP contribution in [0.3, 0.4) is 0 Å². The van der Waals surface area contributed by atoms with Gasteiger partial charge in [0.25, 0.3) is 0 Å². The number of piperidine rings is 1. The van der Waals surface area contributed by atoms with E-state index in [2.05, 4.69) is 29.6 Å². The summed E-state index contributed by atoms with van der Waals surface area (Å²) < 4.78 is 5.62. The number of aliphatic carboxylic acids is 1. The molecule has 2 aromatic rings. The normalized spacial score (nSPS) is 18.4. The quantitative estimate of drug-likeness (QED) is 0.604. The fourth-order valence-electron chi connectivity index (χ4n) is 5.28. The van der Waals surface area contributed by atoms with Crippen LogP contribution >= 0.6 is 0 Å². The van der Waals surface area contributed by atoms with Crippen molar-refractivity contribution in [2.24, 2.45) is 11.3 Å². The molecule has 2 unspecified atom stereocenters. The minimum Gasteiger partial charge on any atom is -0.481 e. The number of benzene rings is 2. The third-order valence-electron chi connectivity index (χ3n) is 7.65. The van der Waals surface area contributed by atoms with Gasteiger partial charge in [0.2, 0.25) is 5.91 Å². The molecule has 2 atom stereocenters. The van der Waals surface area contributed by atoms with E-state index in [0.717, 1.165) is 35.1 Å². The lowest BCUT2D eigenvalue weighted by Crippen LogP contribution is -2.53. The van der Waals surface area contributed by atoms with Gasteiger partial charge in [-0.2, -0.15) is 0 Å². The number of alkyl carbamates (subject to hydrolysis) is 1. The highest BCUT2D eigenvalue weighted by Gasteiger charge is 2.41. The van der Waals surface area contributed by atoms with E-state index < -0.39 is 23.5 Å². The molecule has 2 aliphatic rings. The predicted octanol–water partition coefficient (Wildman–Crippen LogP) is 4.65. The number of nitrogens with one attached hydrogen (secondary N) is 1. The summed E-state index contributed by atoms with van der Waals surface area (Å²) in [6.07, 6.45) is 1.31. The molecule has 2 N–H and O–H groups in total. The van der Waals surface area contributed by atoms with Crippen molar-refractivity contribution >= 4 is 18.0 Å². The summed E-state index contributed by atoms with van der Waals surface area (Å²) >= 11 is 0. The molecular formula is C28H34N2O5. The zero-order chi connectivity index (χ0) is 25.2. The number of amides is 2. The summed E-state index contributed by atoms with van der Waals surface area (Å²) in [6.45, 7) is 6.38. The van der Waals surface area contributed by atoms with Gasteiger partial charge in [0, 0.05) is 19.0 Å². The molecule has 7 heteroatoms. The van der Waals surface area contributed by atoms with Crippen LogP contribution in [0.4, 0.5) is 4.79 Å². The van der Waals surface area contributed by atoms with Crippen molar-refractivity contribution < 1.29 is 24.2 Å². The summed E-state index contributed by atoms with van der Waals surface area (Å²) in [5.74, 6) is -1.23. The molecule has 1 saturated heterocycles. The van der Waals surface area contributed by atoms with Gasteiger partial charge in [0.1, 0.15) is 12.6 Å². The average molecular weight is 479 g/mol. The van der Waals surface area contributed by atoms with Crippen LogP contribution in [0.15, 0.2) is 48.5 Å². The molecule has 0 radical (unpaired) electrons. The number of hydrogen-bond donors (Lipinski definition) is 2. The fraction of sp³-hybridized carbons (Fsp3) is 0.464. The lowest BCUT2D eigenvalue weighted by Gasteiger charge is -2.40. The molecule has 0 saturated carbocycles. The molecule has 1 aliphatic heterocycles. The van der Waals surface area contributed by atoms with Crippen LogP contribution in [0.1, 0.15) is 57.1 Å². The molecule has 7 nitrogen and oxygen atoms in total. The highest BCUT2D eigenvalue weighted by Crippen LogP contribution is 2.44. The number of carbonyl (C=O) groups excluding carboxylic acids is 2. The summed E-state index contributed by atoms with van der Waals surface area (Å²) in [5.41, 5.74) is 3.65. The lowest BCUT2D eigenvalue weighted by molar-refractivity contribution is -0.153. The maximum absolute atomic E-state index is 13.2. The predicted molar refractivity (Wildman–Crippen MR) is 133 cm³/mol. The standard InChI is InChI=1S/C28H34N2O5/c1-4-24(25(31)30-15-9-10-18(16-30)28(2,3)26(32)33)29-27(34)35-17-23-21-13-7-5-11-19(21)20-12-6-8-14-22(20)23/h5-8,11-14,18,23-24H,4,9-10,15-17H2,1-3H3,(H,29,34)(H,32,33). The van der Waals surface area contributed by atoms with Crippen molar-refractivity contribution in [1.82, 2.24) is 10.2 Å². The SMILES string of the molecule is CCC(NC(=O)OCC1c2ccccc2-c2ccccc21)C(=O)N1CCCC(C(C)(C)C(=O)O)C1. The maximum atomic E-state index is 13.2. The highest BCUT2D eigenvalue weighted by atomic mass is 16.5. The minimum atomic E-state index is -0.916. The molecule has 0 aromatic heterocycles. The summed E-state index contributed by atoms with van der Waals surface area (Å²) in [4.78, 5) is 39.3. The number of carboxylic acid groups (broad SMARTS) is 1. The Morgan fingerprint density at radius 2 is 1.69 bits per heavy atom. The first-order valence-corrected chi connectivity index (χ1v) is 12.4. The number of likely N-dealkylation sites (tertiary alicyclic amines) is 1. The van der Waals surface area contributed by atoms with Gasteiger partial charge in [-0.15, -0.1) is 0 Å². The highest BCUT2D eigenvalue weighted by molar-refractivity contribution is 5.86. The zero-order valence-corrected chi connectivity index (χ0v) is 20.6. The Labute approximate surface area is 206 Å². The van der Waals surface area contributed by atoms with Crippen molar-refractivity contribution in [2.75, 3.05) is 19.7 Å².